The standard InChI is InChI=1S/C20H24Cl2F2N2O9P2/c1-2-20(21,37(22,32)33)36(31)34-10-13-15(28)16(29)17(35-13)25-9-8-14(27)26(18(25)30)11-19(23,24)12-6-4-3-5-7-12/h3-9,13,15-17,28-29,31H,2,10-11H2,1H3,(H,32,33)/t13-,15?,16?,17-,20?,36?/m1/s1. The van der Waals surface area contributed by atoms with Gasteiger partial charge >= 0.3 is 12.4 Å². The Morgan fingerprint density at radius 3 is 2.38 bits per heavy atom. The van der Waals surface area contributed by atoms with E-state index in [2.05, 4.69) is 0 Å². The molecule has 7 atom stereocenters. The predicted octanol–water partition coefficient (Wildman–Crippen LogP) is 2.47. The Bertz CT molecular complexity index is 1260. The van der Waals surface area contributed by atoms with Gasteiger partial charge in [-0.3, -0.25) is 18.5 Å². The van der Waals surface area contributed by atoms with Gasteiger partial charge in [0.05, 0.1) is 13.2 Å². The Hall–Kier alpha value is -1.24. The fourth-order valence-corrected chi connectivity index (χ4v) is 6.87. The van der Waals surface area contributed by atoms with Crippen LogP contribution < -0.4 is 11.2 Å². The minimum Gasteiger partial charge on any atom is -0.387 e. The first-order valence-electron chi connectivity index (χ1n) is 10.7. The molecule has 0 spiro atoms. The molecule has 1 aromatic heterocycles. The summed E-state index contributed by atoms with van der Waals surface area (Å²) in [5.41, 5.74) is -2.68. The van der Waals surface area contributed by atoms with E-state index in [0.717, 1.165) is 24.4 Å². The summed E-state index contributed by atoms with van der Waals surface area (Å²) in [6.07, 6.45) is -5.82. The molecule has 0 radical (unpaired) electrons. The molecule has 4 N–H and O–H groups in total. The van der Waals surface area contributed by atoms with Gasteiger partial charge < -0.3 is 29.3 Å². The second-order valence-electron chi connectivity index (χ2n) is 8.19. The van der Waals surface area contributed by atoms with E-state index in [0.29, 0.717) is 4.57 Å². The lowest BCUT2D eigenvalue weighted by Gasteiger charge is -2.30. The third kappa shape index (κ3) is 6.17. The van der Waals surface area contributed by atoms with Crippen molar-refractivity contribution < 1.29 is 42.6 Å². The fraction of sp³-hybridized carbons (Fsp3) is 0.500. The van der Waals surface area contributed by atoms with Crippen molar-refractivity contribution in [1.29, 1.82) is 0 Å². The first kappa shape index (κ1) is 30.3. The molecule has 5 unspecified atom stereocenters. The average Bonchev–Trinajstić information content (AvgIpc) is 3.12. The predicted molar refractivity (Wildman–Crippen MR) is 131 cm³/mol. The van der Waals surface area contributed by atoms with Crippen molar-refractivity contribution in [2.24, 2.45) is 0 Å². The van der Waals surface area contributed by atoms with Crippen molar-refractivity contribution in [3.05, 3.63) is 69.0 Å². The zero-order chi connectivity index (χ0) is 27.8. The maximum absolute atomic E-state index is 14.8. The molecule has 0 bridgehead atoms. The topological polar surface area (TPSA) is 160 Å². The maximum Gasteiger partial charge on any atom is 0.333 e. The van der Waals surface area contributed by atoms with Gasteiger partial charge in [0.2, 0.25) is 12.7 Å². The molecule has 0 aliphatic carbocycles. The zero-order valence-corrected chi connectivity index (χ0v) is 22.4. The Labute approximate surface area is 219 Å². The minimum atomic E-state index is -4.55. The first-order chi connectivity index (χ1) is 17.1. The summed E-state index contributed by atoms with van der Waals surface area (Å²) < 4.78 is 50.7. The van der Waals surface area contributed by atoms with E-state index >= 15 is 0 Å². The van der Waals surface area contributed by atoms with Crippen LogP contribution in [0.25, 0.3) is 0 Å². The molecule has 17 heteroatoms. The number of aliphatic hydroxyl groups is 2. The number of aliphatic hydroxyl groups excluding tert-OH is 2. The highest BCUT2D eigenvalue weighted by atomic mass is 35.7. The summed E-state index contributed by atoms with van der Waals surface area (Å²) in [5, 5.41) is 20.8. The van der Waals surface area contributed by atoms with Crippen LogP contribution in [0.2, 0.25) is 0 Å². The highest BCUT2D eigenvalue weighted by Crippen LogP contribution is 2.75. The van der Waals surface area contributed by atoms with Crippen molar-refractivity contribution in [3.8, 4) is 0 Å². The van der Waals surface area contributed by atoms with Gasteiger partial charge in [-0.1, -0.05) is 48.9 Å². The lowest BCUT2D eigenvalue weighted by atomic mass is 10.1. The van der Waals surface area contributed by atoms with Crippen molar-refractivity contribution in [2.75, 3.05) is 6.61 Å². The Morgan fingerprint density at radius 2 is 1.81 bits per heavy atom. The number of rotatable bonds is 10. The van der Waals surface area contributed by atoms with E-state index < -0.39 is 79.9 Å². The normalized spacial score (nSPS) is 26.4. The number of aromatic nitrogens is 2. The third-order valence-corrected chi connectivity index (χ3v) is 12.4. The van der Waals surface area contributed by atoms with Crippen molar-refractivity contribution in [3.63, 3.8) is 0 Å². The number of benzene rings is 1. The Balaban J connectivity index is 1.82. The van der Waals surface area contributed by atoms with Crippen LogP contribution >= 0.6 is 37.9 Å². The summed E-state index contributed by atoms with van der Waals surface area (Å²) in [6.45, 7) is -5.11. The van der Waals surface area contributed by atoms with Crippen LogP contribution in [0, 0.1) is 0 Å². The van der Waals surface area contributed by atoms with Gasteiger partial charge in [0.1, 0.15) is 18.3 Å². The highest BCUT2D eigenvalue weighted by molar-refractivity contribution is 7.93. The largest absolute Gasteiger partial charge is 0.387 e. The van der Waals surface area contributed by atoms with Gasteiger partial charge in [-0.25, -0.2) is 4.79 Å². The average molecular weight is 607 g/mol. The summed E-state index contributed by atoms with van der Waals surface area (Å²) in [6, 6.07) is 7.38. The smallest absolute Gasteiger partial charge is 0.333 e. The molecule has 1 aromatic carbocycles. The molecule has 1 saturated heterocycles. The summed E-state index contributed by atoms with van der Waals surface area (Å²) in [5.74, 6) is -3.59. The number of halogens is 4. The van der Waals surface area contributed by atoms with Crippen LogP contribution in [0.15, 0.2) is 52.2 Å². The molecule has 1 aliphatic heterocycles. The second kappa shape index (κ2) is 11.5. The van der Waals surface area contributed by atoms with Gasteiger partial charge in [0, 0.05) is 17.8 Å². The number of nitrogens with zero attached hydrogens (tertiary/aromatic N) is 2. The SMILES string of the molecule is CCC(Cl)(P(O)OC[C@H]1O[C@@H](n2ccc(=O)n(CC(F)(F)c3ccccc3)c2=O)C(O)C1O)P(=O)(O)Cl. The molecule has 11 nitrogen and oxygen atoms in total. The van der Waals surface area contributed by atoms with Crippen LogP contribution in [0.3, 0.4) is 0 Å². The third-order valence-electron chi connectivity index (χ3n) is 5.79. The van der Waals surface area contributed by atoms with Crippen LogP contribution in [-0.4, -0.2) is 58.4 Å². The summed E-state index contributed by atoms with van der Waals surface area (Å²) in [4.78, 5) is 45.1. The lowest BCUT2D eigenvalue weighted by Crippen LogP contribution is -2.45. The highest BCUT2D eigenvalue weighted by Gasteiger charge is 2.53. The van der Waals surface area contributed by atoms with E-state index in [-0.39, 0.29) is 11.0 Å². The lowest BCUT2D eigenvalue weighted by molar-refractivity contribution is -0.0546. The van der Waals surface area contributed by atoms with Crippen LogP contribution in [0.1, 0.15) is 25.1 Å². The molecule has 3 rings (SSSR count). The van der Waals surface area contributed by atoms with Gasteiger partial charge in [-0.15, -0.1) is 0 Å². The molecular weight excluding hydrogens is 583 g/mol. The maximum atomic E-state index is 14.8. The molecule has 206 valence electrons. The van der Waals surface area contributed by atoms with Crippen molar-refractivity contribution >= 4 is 37.9 Å². The number of hydrogen-bond donors (Lipinski definition) is 4. The van der Waals surface area contributed by atoms with E-state index in [4.69, 9.17) is 32.1 Å². The number of alkyl halides is 3. The Morgan fingerprint density at radius 1 is 1.19 bits per heavy atom. The van der Waals surface area contributed by atoms with E-state index in [1.54, 1.807) is 0 Å². The van der Waals surface area contributed by atoms with E-state index in [1.165, 1.54) is 25.1 Å². The van der Waals surface area contributed by atoms with Crippen molar-refractivity contribution in [1.82, 2.24) is 9.13 Å². The van der Waals surface area contributed by atoms with E-state index in [9.17, 15) is 42.9 Å². The second-order valence-corrected chi connectivity index (χ2v) is 14.4. The molecule has 2 heterocycles. The Kier molecular flexibility index (Phi) is 9.40. The minimum absolute atomic E-state index is 0.252. The van der Waals surface area contributed by atoms with Gasteiger partial charge in [0.25, 0.3) is 11.5 Å². The number of hydrogen-bond acceptors (Lipinski definition) is 8. The van der Waals surface area contributed by atoms with Crippen LogP contribution in [-0.2, 0) is 26.3 Å². The molecule has 2 aromatic rings. The molecule has 37 heavy (non-hydrogen) atoms. The summed E-state index contributed by atoms with van der Waals surface area (Å²) in [7, 11) is -2.84. The molecular formula is C20H24Cl2F2N2O9P2. The zero-order valence-electron chi connectivity index (χ0n) is 19.1. The van der Waals surface area contributed by atoms with Gasteiger partial charge in [-0.05, 0) is 17.7 Å². The number of ether oxygens (including phenoxy) is 1. The first-order valence-corrected chi connectivity index (χ1v) is 14.9. The van der Waals surface area contributed by atoms with E-state index in [1.807, 2.05) is 0 Å². The molecule has 1 fully saturated rings. The van der Waals surface area contributed by atoms with Crippen LogP contribution in [0.5, 0.6) is 0 Å². The monoisotopic (exact) mass is 606 g/mol. The summed E-state index contributed by atoms with van der Waals surface area (Å²) >= 11 is 11.4. The molecule has 1 aliphatic rings. The van der Waals surface area contributed by atoms with Gasteiger partial charge in [-0.2, -0.15) is 8.78 Å². The van der Waals surface area contributed by atoms with Crippen molar-refractivity contribution in [2.45, 2.75) is 54.7 Å². The molecule has 0 saturated carbocycles. The fourth-order valence-electron chi connectivity index (χ4n) is 3.62. The quantitative estimate of drug-likeness (QED) is 0.235. The molecule has 0 amide bonds. The van der Waals surface area contributed by atoms with Crippen LogP contribution in [0.4, 0.5) is 8.78 Å². The van der Waals surface area contributed by atoms with Gasteiger partial charge in [0.15, 0.2) is 6.23 Å².